The van der Waals surface area contributed by atoms with E-state index in [-0.39, 0.29) is 41.1 Å². The summed E-state index contributed by atoms with van der Waals surface area (Å²) in [5, 5.41) is 4.90. The molecule has 0 saturated carbocycles. The number of nitrogens with zero attached hydrogens (tertiary/aromatic N) is 6. The molecule has 0 atom stereocenters. The Morgan fingerprint density at radius 1 is 0.323 bits per heavy atom. The quantitative estimate of drug-likeness (QED) is 0.109. The van der Waals surface area contributed by atoms with Crippen LogP contribution in [-0.4, -0.2) is 45.3 Å². The van der Waals surface area contributed by atoms with Gasteiger partial charge in [0.1, 0.15) is 0 Å². The Morgan fingerprint density at radius 3 is 0.778 bits per heavy atom. The maximum absolute atomic E-state index is 12.9. The van der Waals surface area contributed by atoms with E-state index in [4.69, 9.17) is 29.4 Å². The molecule has 0 aliphatic carbocycles. The molecule has 13 aromatic rings. The largest absolute Gasteiger partial charge is 2.00 e. The van der Waals surface area contributed by atoms with Crippen LogP contribution in [0.15, 0.2) is 194 Å². The van der Waals surface area contributed by atoms with Crippen molar-refractivity contribution in [1.82, 2.24) is 29.1 Å². The number of aromatic nitrogens is 6. The van der Waals surface area contributed by atoms with Gasteiger partial charge in [-0.25, -0.2) is 19.6 Å². The van der Waals surface area contributed by atoms with Crippen molar-refractivity contribution in [1.29, 1.82) is 0 Å². The molecule has 0 spiro atoms. The first-order valence-electron chi connectivity index (χ1n) is 33.6. The van der Waals surface area contributed by atoms with Gasteiger partial charge in [0, 0.05) is 32.9 Å². The Morgan fingerprint density at radius 2 is 0.556 bits per heavy atom. The van der Waals surface area contributed by atoms with Crippen LogP contribution in [0.4, 0.5) is 0 Å². The molecular weight excluding hydrogens is 1270 g/mol. The van der Waals surface area contributed by atoms with Gasteiger partial charge >= 0.3 is 31.4 Å². The minimum atomic E-state index is -0.434. The number of esters is 2. The molecule has 486 valence electrons. The zero-order valence-corrected chi connectivity index (χ0v) is 61.8. The predicted octanol–water partition coefficient (Wildman–Crippen LogP) is 21.5. The topological polar surface area (TPSA) is 116 Å². The van der Waals surface area contributed by atoms with Crippen molar-refractivity contribution in [3.8, 4) is 55.9 Å². The van der Waals surface area contributed by atoms with Crippen molar-refractivity contribution in [2.24, 2.45) is 0 Å². The number of hydrogen-bond acceptors (Lipinski definition) is 6. The predicted molar refractivity (Wildman–Crippen MR) is 405 cm³/mol. The van der Waals surface area contributed by atoms with E-state index in [9.17, 15) is 9.59 Å². The molecule has 2 aliphatic heterocycles. The summed E-state index contributed by atoms with van der Waals surface area (Å²) in [5.41, 5.74) is 24.7. The van der Waals surface area contributed by atoms with E-state index in [0.29, 0.717) is 44.6 Å². The second-order valence-electron chi connectivity index (χ2n) is 30.2. The van der Waals surface area contributed by atoms with Crippen LogP contribution in [0.2, 0.25) is 0 Å². The van der Waals surface area contributed by atoms with Gasteiger partial charge in [-0.1, -0.05) is 180 Å². The monoisotopic (exact) mass is 1350 g/mol. The Bertz CT molecular complexity index is 5200. The van der Waals surface area contributed by atoms with Crippen molar-refractivity contribution in [2.45, 2.75) is 105 Å². The molecule has 15 rings (SSSR count). The molecule has 99 heavy (non-hydrogen) atoms. The van der Waals surface area contributed by atoms with Gasteiger partial charge in [-0.05, 0) is 210 Å². The Kier molecular flexibility index (Phi) is 16.3. The van der Waals surface area contributed by atoms with Crippen LogP contribution < -0.4 is 9.97 Å². The van der Waals surface area contributed by atoms with Gasteiger partial charge in [0.2, 0.25) is 0 Å². The molecule has 0 radical (unpaired) electrons. The fourth-order valence-corrected chi connectivity index (χ4v) is 14.1. The summed E-state index contributed by atoms with van der Waals surface area (Å²) >= 11 is 0. The molecule has 2 aliphatic rings. The molecule has 8 bridgehead atoms. The molecule has 0 N–H and O–H groups in total. The first-order valence-corrected chi connectivity index (χ1v) is 33.6. The van der Waals surface area contributed by atoms with Crippen molar-refractivity contribution in [2.75, 3.05) is 14.2 Å². The summed E-state index contributed by atoms with van der Waals surface area (Å²) < 4.78 is 15.1. The Hall–Kier alpha value is -10.5. The number of ether oxygens (including phenoxy) is 2. The van der Waals surface area contributed by atoms with Crippen LogP contribution in [-0.2, 0) is 50.6 Å². The standard InChI is InChI=1S/C88H79N6O4.Zn/c1-85(2,3)57-27-43-75-63(47-57)64-48-58(86(4,5)6)28-44-76(64)93(75)61-31-23-53(24-32-61)81-71-39-37-69(90-71)79(51-15-19-55(20-16-51)83(95)97-13)67-35-36-68(89-67)80(52-17-21-56(22-18-52)84(96)98-14)70-38-40-72(91-70)82(74-42-41-73(81)92-74)54-25-33-62(34-26-54)94-77-45-29-59(87(7,8)9)49-65(77)66-50-60(88(10,11)12)30-46-78(66)94;/h15-50H,1-14H3,(H-,89,90,91,92,95,96);/q-1;+2/p-1. The smallest absolute Gasteiger partial charge is 0.657 e. The number of carbonyl (C=O) groups is 2. The minimum absolute atomic E-state index is 0. The van der Waals surface area contributed by atoms with E-state index in [1.807, 2.05) is 48.6 Å². The fraction of sp³-hybridized carbons (Fsp3) is 0.205. The zero-order chi connectivity index (χ0) is 68.5. The van der Waals surface area contributed by atoms with Gasteiger partial charge in [-0.2, -0.15) is 0 Å². The first kappa shape index (κ1) is 65.8. The van der Waals surface area contributed by atoms with E-state index in [1.165, 1.54) is 58.0 Å². The molecule has 0 amide bonds. The summed E-state index contributed by atoms with van der Waals surface area (Å²) in [7, 11) is 2.77. The Balaban J connectivity index is 0.00000836. The van der Waals surface area contributed by atoms with Crippen LogP contribution >= 0.6 is 0 Å². The van der Waals surface area contributed by atoms with Crippen LogP contribution in [0.5, 0.6) is 0 Å². The second-order valence-corrected chi connectivity index (χ2v) is 30.2. The maximum atomic E-state index is 12.9. The van der Waals surface area contributed by atoms with Crippen LogP contribution in [0.3, 0.4) is 0 Å². The van der Waals surface area contributed by atoms with E-state index in [1.54, 1.807) is 24.3 Å². The number of hydrogen-bond donors (Lipinski definition) is 0. The normalized spacial score (nSPS) is 12.7. The first-order chi connectivity index (χ1) is 46.8. The molecule has 10 nitrogen and oxygen atoms in total. The van der Waals surface area contributed by atoms with Gasteiger partial charge in [0.15, 0.2) is 0 Å². The summed E-state index contributed by atoms with van der Waals surface area (Å²) in [6.45, 7) is 27.3. The van der Waals surface area contributed by atoms with Gasteiger partial charge in [-0.3, -0.25) is 0 Å². The number of methoxy groups -OCH3 is 2. The van der Waals surface area contributed by atoms with Crippen molar-refractivity contribution >= 4 is 102 Å². The SMILES string of the molecule is COC(=O)c1ccc(-c2c3nc(c(-c4ccc(C(=O)OC)cc4)c4ccc([n-]4)c(-c4ccc(-n5c6ccc(C(C)(C)C)cc6c6cc(C(C)(C)C)ccc65)cc4)c4nc(c(-c5ccc(-n6c7ccc(C(C)(C)C)cc7c7cc(C(C)(C)C)ccc76)cc5)c5ccc2[n-]5)C=C4)C=C3)cc1.[Zn+2]. The minimum Gasteiger partial charge on any atom is -0.657 e. The number of carbonyl (C=O) groups excluding carboxylic acids is 2. The third-order valence-electron chi connectivity index (χ3n) is 19.6. The second kappa shape index (κ2) is 24.5. The van der Waals surface area contributed by atoms with Crippen molar-refractivity contribution < 1.29 is 38.5 Å². The summed E-state index contributed by atoms with van der Waals surface area (Å²) in [5.74, 6) is -0.867. The molecule has 5 aromatic heterocycles. The van der Waals surface area contributed by atoms with Crippen molar-refractivity contribution in [3.05, 3.63) is 250 Å². The van der Waals surface area contributed by atoms with E-state index >= 15 is 0 Å². The zero-order valence-electron chi connectivity index (χ0n) is 58.8. The van der Waals surface area contributed by atoms with Gasteiger partial charge in [-0.15, -0.1) is 22.1 Å². The summed E-state index contributed by atoms with van der Waals surface area (Å²) in [6.07, 6.45) is 8.23. The van der Waals surface area contributed by atoms with Crippen LogP contribution in [0, 0.1) is 0 Å². The molecule has 0 saturated heterocycles. The molecule has 0 fully saturated rings. The molecule has 0 unspecified atom stereocenters. The van der Waals surface area contributed by atoms with Gasteiger partial charge < -0.3 is 28.6 Å². The third kappa shape index (κ3) is 11.7. The average molecular weight is 1350 g/mol. The summed E-state index contributed by atoms with van der Waals surface area (Å²) in [6, 6.07) is 68.4. The Labute approximate surface area is 590 Å². The van der Waals surface area contributed by atoms with E-state index in [2.05, 4.69) is 238 Å². The fourth-order valence-electron chi connectivity index (χ4n) is 14.1. The number of benzene rings is 8. The van der Waals surface area contributed by atoms with Gasteiger partial charge in [0.25, 0.3) is 0 Å². The third-order valence-corrected chi connectivity index (χ3v) is 19.6. The molecule has 8 aromatic carbocycles. The van der Waals surface area contributed by atoms with Crippen molar-refractivity contribution in [3.63, 3.8) is 0 Å². The van der Waals surface area contributed by atoms with Gasteiger partial charge in [0.05, 0.1) is 70.2 Å². The molecule has 7 heterocycles. The van der Waals surface area contributed by atoms with Crippen LogP contribution in [0.25, 0.3) is 146 Å². The maximum Gasteiger partial charge on any atom is 2.00 e. The number of rotatable bonds is 8. The van der Waals surface area contributed by atoms with E-state index < -0.39 is 11.9 Å². The molecule has 11 heteroatoms. The summed E-state index contributed by atoms with van der Waals surface area (Å²) in [4.78, 5) is 48.1. The number of fused-ring (bicyclic) bond motifs is 14. The van der Waals surface area contributed by atoms with Crippen LogP contribution in [0.1, 0.15) is 149 Å². The van der Waals surface area contributed by atoms with E-state index in [0.717, 1.165) is 89.3 Å². The molecular formula is C88H78N6O4Zn. The average Bonchev–Trinajstić information content (AvgIpc) is 1.59.